The van der Waals surface area contributed by atoms with Gasteiger partial charge < -0.3 is 39.8 Å². The Hall–Kier alpha value is -7.15. The number of halogens is 1. The third kappa shape index (κ3) is 17.6. The molecule has 0 aromatic heterocycles. The normalized spacial score (nSPS) is 14.2. The number of likely N-dealkylation sites (tertiary alicyclic amines) is 1. The zero-order valence-electron chi connectivity index (χ0n) is 40.7. The predicted molar refractivity (Wildman–Crippen MR) is 285 cm³/mol. The van der Waals surface area contributed by atoms with Crippen LogP contribution in [0.5, 0.6) is 11.5 Å². The van der Waals surface area contributed by atoms with Gasteiger partial charge in [0.05, 0.1) is 25.3 Å². The van der Waals surface area contributed by atoms with Gasteiger partial charge in [-0.3, -0.25) is 9.59 Å². The summed E-state index contributed by atoms with van der Waals surface area (Å²) in [6.07, 6.45) is 5.19. The molecule has 3 amide bonds. The van der Waals surface area contributed by atoms with Gasteiger partial charge in [-0.05, 0) is 109 Å². The summed E-state index contributed by atoms with van der Waals surface area (Å²) in [5.74, 6) is 0.948. The first-order valence-corrected chi connectivity index (χ1v) is 24.4. The summed E-state index contributed by atoms with van der Waals surface area (Å²) in [5.41, 5.74) is 4.74. The maximum atomic E-state index is 13.0. The first kappa shape index (κ1) is 55.8. The topological polar surface area (TPSA) is 145 Å². The number of ether oxygens (including phenoxy) is 4. The van der Waals surface area contributed by atoms with Gasteiger partial charge in [-0.2, -0.15) is 0 Å². The first-order valence-electron chi connectivity index (χ1n) is 24.0. The number of nitrogens with zero attached hydrogens (tertiary/aromatic N) is 1. The smallest absolute Gasteiger partial charge is 0.410 e. The largest absolute Gasteiger partial charge is 0.496 e. The minimum Gasteiger partial charge on any atom is -0.496 e. The van der Waals surface area contributed by atoms with Crippen LogP contribution in [0.3, 0.4) is 0 Å². The zero-order valence-corrected chi connectivity index (χ0v) is 41.4. The van der Waals surface area contributed by atoms with Crippen molar-refractivity contribution >= 4 is 34.9 Å². The highest BCUT2D eigenvalue weighted by molar-refractivity contribution is 6.61. The molecular formula is C59H69ClN4O8. The van der Waals surface area contributed by atoms with Gasteiger partial charge in [-0.1, -0.05) is 153 Å². The molecule has 0 spiro atoms. The fraction of sp³-hybridized carbons (Fsp3) is 0.322. The molecule has 0 unspecified atom stereocenters. The van der Waals surface area contributed by atoms with E-state index in [9.17, 15) is 19.2 Å². The summed E-state index contributed by atoms with van der Waals surface area (Å²) in [5, 5.41) is 9.73. The van der Waals surface area contributed by atoms with Gasteiger partial charge in [0.15, 0.2) is 0 Å². The zero-order chi connectivity index (χ0) is 50.2. The molecule has 6 aromatic carbocycles. The third-order valence-electron chi connectivity index (χ3n) is 12.9. The molecule has 2 aliphatic rings. The highest BCUT2D eigenvalue weighted by Gasteiger charge is 2.37. The fourth-order valence-electron chi connectivity index (χ4n) is 8.93. The van der Waals surface area contributed by atoms with Crippen LogP contribution in [0, 0.1) is 10.8 Å². The fourth-order valence-corrected chi connectivity index (χ4v) is 8.98. The molecule has 0 saturated carbocycles. The molecule has 12 nitrogen and oxygen atoms in total. The number of carbonyl (C=O) groups excluding carboxylic acids is 4. The summed E-state index contributed by atoms with van der Waals surface area (Å²) in [4.78, 5) is 50.2. The lowest BCUT2D eigenvalue weighted by Crippen LogP contribution is -2.49. The molecule has 13 heteroatoms. The van der Waals surface area contributed by atoms with Crippen molar-refractivity contribution in [2.45, 2.75) is 59.2 Å². The Labute approximate surface area is 430 Å². The molecule has 3 N–H and O–H groups in total. The van der Waals surface area contributed by atoms with Crippen molar-refractivity contribution in [2.75, 3.05) is 53.5 Å². The molecular weight excluding hydrogens is 928 g/mol. The monoisotopic (exact) mass is 996 g/mol. The van der Waals surface area contributed by atoms with Crippen LogP contribution in [0.4, 0.5) is 9.59 Å². The average molecular weight is 998 g/mol. The minimum atomic E-state index is -0.770. The van der Waals surface area contributed by atoms with Crippen LogP contribution in [0.15, 0.2) is 170 Å². The molecule has 72 heavy (non-hydrogen) atoms. The van der Waals surface area contributed by atoms with E-state index in [-0.39, 0.29) is 49.4 Å². The minimum absolute atomic E-state index is 0. The van der Waals surface area contributed by atoms with Crippen LogP contribution in [0.25, 0.3) is 0 Å². The SMILES string of the molecule is C.COc1ccccc1C(=O)NCC1(Cc2ccccc2)CCN(C(=O)OCc2ccccc2)CC1.COc1ccccc1C(=O)NCC1(Cc2ccccc2)CCNCC1.O=C(Cl)OCc1ccccc1. The van der Waals surface area contributed by atoms with Gasteiger partial charge in [0.2, 0.25) is 0 Å². The van der Waals surface area contributed by atoms with Gasteiger partial charge >= 0.3 is 11.5 Å². The lowest BCUT2D eigenvalue weighted by molar-refractivity contribution is 0.0585. The number of benzene rings is 6. The molecule has 0 atom stereocenters. The molecule has 2 aliphatic heterocycles. The van der Waals surface area contributed by atoms with E-state index >= 15 is 0 Å². The lowest BCUT2D eigenvalue weighted by atomic mass is 9.73. The molecule has 0 radical (unpaired) electrons. The van der Waals surface area contributed by atoms with Crippen molar-refractivity contribution in [3.63, 3.8) is 0 Å². The van der Waals surface area contributed by atoms with Gasteiger partial charge in [0.25, 0.3) is 11.8 Å². The number of amides is 3. The molecule has 2 heterocycles. The second-order valence-corrected chi connectivity index (χ2v) is 18.2. The summed E-state index contributed by atoms with van der Waals surface area (Å²) >= 11 is 4.97. The Morgan fingerprint density at radius 1 is 0.514 bits per heavy atom. The Morgan fingerprint density at radius 3 is 1.28 bits per heavy atom. The van der Waals surface area contributed by atoms with Crippen LogP contribution in [-0.4, -0.2) is 81.7 Å². The third-order valence-corrected chi connectivity index (χ3v) is 13.1. The number of nitrogens with one attached hydrogen (secondary N) is 3. The van der Waals surface area contributed by atoms with Crippen molar-refractivity contribution in [2.24, 2.45) is 10.8 Å². The van der Waals surface area contributed by atoms with Crippen molar-refractivity contribution in [3.8, 4) is 11.5 Å². The van der Waals surface area contributed by atoms with Gasteiger partial charge in [-0.15, -0.1) is 0 Å². The maximum Gasteiger partial charge on any atom is 0.410 e. The molecule has 380 valence electrons. The van der Waals surface area contributed by atoms with Crippen molar-refractivity contribution in [1.82, 2.24) is 20.9 Å². The molecule has 8 rings (SSSR count). The van der Waals surface area contributed by atoms with E-state index in [1.165, 1.54) is 11.1 Å². The standard InChI is InChI=1S/C29H32N2O4.C21H26N2O2.C8H7ClO2.CH4/c1-34-26-15-9-8-14-25(26)27(32)30-22-29(20-23-10-4-2-5-11-23)16-18-31(19-17-29)28(33)35-21-24-12-6-3-7-13-24;1-25-19-10-6-5-9-18(19)20(24)23-16-21(11-13-22-14-12-21)15-17-7-3-2-4-8-17;9-8(10)11-6-7-4-2-1-3-5-7;/h2-15H,16-22H2,1H3,(H,30,32);2-10,22H,11-16H2,1H3,(H,23,24);1-5H,6H2;1H4. The van der Waals surface area contributed by atoms with Crippen molar-refractivity contribution < 1.29 is 38.1 Å². The quantitative estimate of drug-likeness (QED) is 0.0807. The average Bonchev–Trinajstić information content (AvgIpc) is 3.42. The molecule has 6 aromatic rings. The van der Waals surface area contributed by atoms with Crippen molar-refractivity contribution in [1.29, 1.82) is 0 Å². The van der Waals surface area contributed by atoms with Gasteiger partial charge in [-0.25, -0.2) is 9.59 Å². The number of para-hydroxylation sites is 2. The van der Waals surface area contributed by atoms with E-state index < -0.39 is 5.43 Å². The predicted octanol–water partition coefficient (Wildman–Crippen LogP) is 11.3. The summed E-state index contributed by atoms with van der Waals surface area (Å²) in [7, 11) is 3.16. The van der Waals surface area contributed by atoms with E-state index in [4.69, 9.17) is 25.8 Å². The number of piperidine rings is 2. The second-order valence-electron chi connectivity index (χ2n) is 17.9. The Kier molecular flexibility index (Phi) is 22.7. The van der Waals surface area contributed by atoms with Crippen LogP contribution < -0.4 is 25.4 Å². The molecule has 0 bridgehead atoms. The van der Waals surface area contributed by atoms with Crippen LogP contribution >= 0.6 is 11.6 Å². The van der Waals surface area contributed by atoms with E-state index in [1.807, 2.05) is 115 Å². The van der Waals surface area contributed by atoms with Crippen molar-refractivity contribution in [3.05, 3.63) is 203 Å². The van der Waals surface area contributed by atoms with Gasteiger partial charge in [0, 0.05) is 37.8 Å². The number of methoxy groups -OCH3 is 2. The second kappa shape index (κ2) is 29.3. The Balaban J connectivity index is 0.000000226. The molecule has 0 aliphatic carbocycles. The Bertz CT molecular complexity index is 2550. The maximum absolute atomic E-state index is 13.0. The lowest BCUT2D eigenvalue weighted by Gasteiger charge is -2.41. The van der Waals surface area contributed by atoms with E-state index in [0.717, 1.165) is 62.7 Å². The summed E-state index contributed by atoms with van der Waals surface area (Å²) in [6, 6.07) is 54.5. The van der Waals surface area contributed by atoms with E-state index in [1.54, 1.807) is 37.3 Å². The first-order chi connectivity index (χ1) is 34.6. The molecule has 2 fully saturated rings. The van der Waals surface area contributed by atoms with Crippen LogP contribution in [0.1, 0.15) is 76.1 Å². The van der Waals surface area contributed by atoms with Crippen LogP contribution in [-0.2, 0) is 35.5 Å². The number of rotatable bonds is 16. The highest BCUT2D eigenvalue weighted by Crippen LogP contribution is 2.36. The van der Waals surface area contributed by atoms with Gasteiger partial charge in [0.1, 0.15) is 24.7 Å². The molecule has 2 saturated heterocycles. The number of carbonyl (C=O) groups is 4. The number of hydrogen-bond acceptors (Lipinski definition) is 9. The summed E-state index contributed by atoms with van der Waals surface area (Å²) < 4.78 is 20.8. The summed E-state index contributed by atoms with van der Waals surface area (Å²) in [6.45, 7) is 4.88. The Morgan fingerprint density at radius 2 is 0.875 bits per heavy atom. The van der Waals surface area contributed by atoms with E-state index in [0.29, 0.717) is 48.8 Å². The van der Waals surface area contributed by atoms with E-state index in [2.05, 4.69) is 57.1 Å². The van der Waals surface area contributed by atoms with Crippen LogP contribution in [0.2, 0.25) is 0 Å². The highest BCUT2D eigenvalue weighted by atomic mass is 35.5. The number of hydrogen-bond donors (Lipinski definition) is 3.